The lowest BCUT2D eigenvalue weighted by molar-refractivity contribution is 0.0692. The van der Waals surface area contributed by atoms with Crippen molar-refractivity contribution in [1.82, 2.24) is 9.38 Å². The number of ether oxygens (including phenoxy) is 1. The molecule has 0 saturated carbocycles. The first-order valence-corrected chi connectivity index (χ1v) is 8.02. The molecule has 1 atom stereocenters. The number of rotatable bonds is 2. The summed E-state index contributed by atoms with van der Waals surface area (Å²) in [6, 6.07) is 10.0. The molecule has 24 heavy (non-hydrogen) atoms. The van der Waals surface area contributed by atoms with E-state index in [4.69, 9.17) is 4.74 Å². The molecule has 0 spiro atoms. The Kier molecular flexibility index (Phi) is 3.30. The van der Waals surface area contributed by atoms with E-state index in [2.05, 4.69) is 4.98 Å². The number of nitrogens with zero attached hydrogens (tertiary/aromatic N) is 2. The Hall–Kier alpha value is -2.82. The highest BCUT2D eigenvalue weighted by Crippen LogP contribution is 2.39. The standard InChI is InChI=1S/C19H18N2O3/c1-11-12(2)21-10-15(19(22)23)14-8-9-16(13-6-4-3-5-7-13)24-17(14)18(21)20-11/h3-7,10,16H,8-9H2,1-2H3,(H,22,23). The smallest absolute Gasteiger partial charge is 0.337 e. The number of benzene rings is 1. The highest BCUT2D eigenvalue weighted by atomic mass is 16.5. The molecule has 1 unspecified atom stereocenters. The molecule has 0 aliphatic carbocycles. The van der Waals surface area contributed by atoms with Gasteiger partial charge < -0.3 is 14.2 Å². The summed E-state index contributed by atoms with van der Waals surface area (Å²) in [6.45, 7) is 3.86. The minimum atomic E-state index is -0.930. The predicted molar refractivity (Wildman–Crippen MR) is 89.8 cm³/mol. The molecule has 0 saturated heterocycles. The third-order valence-electron chi connectivity index (χ3n) is 4.77. The van der Waals surface area contributed by atoms with Crippen molar-refractivity contribution in [2.75, 3.05) is 0 Å². The van der Waals surface area contributed by atoms with E-state index in [-0.39, 0.29) is 6.10 Å². The maximum Gasteiger partial charge on any atom is 0.337 e. The average Bonchev–Trinajstić information content (AvgIpc) is 2.89. The van der Waals surface area contributed by atoms with E-state index >= 15 is 0 Å². The molecule has 2 aromatic heterocycles. The maximum absolute atomic E-state index is 11.7. The van der Waals surface area contributed by atoms with Crippen LogP contribution < -0.4 is 4.74 Å². The fraction of sp³-hybridized carbons (Fsp3) is 0.263. The van der Waals surface area contributed by atoms with Crippen molar-refractivity contribution in [2.24, 2.45) is 0 Å². The Morgan fingerprint density at radius 1 is 1.29 bits per heavy atom. The Balaban J connectivity index is 1.91. The van der Waals surface area contributed by atoms with Crippen LogP contribution in [0.1, 0.15) is 45.4 Å². The number of imidazole rings is 1. The number of aryl methyl sites for hydroxylation is 2. The fourth-order valence-electron chi connectivity index (χ4n) is 3.34. The summed E-state index contributed by atoms with van der Waals surface area (Å²) in [5.41, 5.74) is 4.65. The predicted octanol–water partition coefficient (Wildman–Crippen LogP) is 3.72. The molecule has 5 heteroatoms. The molecule has 0 fully saturated rings. The molecule has 3 aromatic rings. The quantitative estimate of drug-likeness (QED) is 0.781. The van der Waals surface area contributed by atoms with Crippen molar-refractivity contribution in [3.63, 3.8) is 0 Å². The first-order chi connectivity index (χ1) is 11.6. The largest absolute Gasteiger partial charge is 0.481 e. The summed E-state index contributed by atoms with van der Waals surface area (Å²) in [5.74, 6) is -0.327. The van der Waals surface area contributed by atoms with Crippen LogP contribution in [0.15, 0.2) is 36.5 Å². The van der Waals surface area contributed by atoms with E-state index in [0.29, 0.717) is 23.4 Å². The maximum atomic E-state index is 11.7. The Morgan fingerprint density at radius 2 is 2.04 bits per heavy atom. The third-order valence-corrected chi connectivity index (χ3v) is 4.77. The molecule has 1 aliphatic rings. The normalized spacial score (nSPS) is 16.7. The lowest BCUT2D eigenvalue weighted by atomic mass is 9.95. The van der Waals surface area contributed by atoms with Gasteiger partial charge in [0.25, 0.3) is 0 Å². The topological polar surface area (TPSA) is 63.8 Å². The average molecular weight is 322 g/mol. The molecule has 122 valence electrons. The van der Waals surface area contributed by atoms with Gasteiger partial charge in [-0.05, 0) is 32.3 Å². The van der Waals surface area contributed by atoms with Crippen LogP contribution in [0.2, 0.25) is 0 Å². The number of carbonyl (C=O) groups is 1. The zero-order valence-electron chi connectivity index (χ0n) is 13.6. The third kappa shape index (κ3) is 2.16. The van der Waals surface area contributed by atoms with E-state index in [1.165, 1.54) is 0 Å². The minimum Gasteiger partial charge on any atom is -0.481 e. The molecule has 5 nitrogen and oxygen atoms in total. The molecule has 0 amide bonds. The van der Waals surface area contributed by atoms with E-state index in [1.807, 2.05) is 48.6 Å². The van der Waals surface area contributed by atoms with E-state index in [0.717, 1.165) is 28.9 Å². The van der Waals surface area contributed by atoms with Gasteiger partial charge in [0.2, 0.25) is 0 Å². The zero-order chi connectivity index (χ0) is 16.8. The summed E-state index contributed by atoms with van der Waals surface area (Å²) in [6.07, 6.45) is 3.01. The second-order valence-electron chi connectivity index (χ2n) is 6.19. The van der Waals surface area contributed by atoms with Gasteiger partial charge in [0.05, 0.1) is 11.3 Å². The van der Waals surface area contributed by atoms with Crippen molar-refractivity contribution in [3.05, 3.63) is 64.6 Å². The Morgan fingerprint density at radius 3 is 2.75 bits per heavy atom. The summed E-state index contributed by atoms with van der Waals surface area (Å²) in [4.78, 5) is 16.3. The zero-order valence-corrected chi connectivity index (χ0v) is 13.6. The molecular formula is C19H18N2O3. The van der Waals surface area contributed by atoms with Gasteiger partial charge in [-0.15, -0.1) is 0 Å². The van der Waals surface area contributed by atoms with E-state index < -0.39 is 5.97 Å². The van der Waals surface area contributed by atoms with Gasteiger partial charge in [0.15, 0.2) is 11.4 Å². The molecule has 1 aliphatic heterocycles. The van der Waals surface area contributed by atoms with Crippen LogP contribution in [-0.4, -0.2) is 20.5 Å². The second-order valence-corrected chi connectivity index (χ2v) is 6.19. The highest BCUT2D eigenvalue weighted by molar-refractivity contribution is 5.91. The number of carboxylic acids is 1. The van der Waals surface area contributed by atoms with Crippen molar-refractivity contribution < 1.29 is 14.6 Å². The van der Waals surface area contributed by atoms with Gasteiger partial charge in [-0.2, -0.15) is 0 Å². The van der Waals surface area contributed by atoms with Gasteiger partial charge in [-0.1, -0.05) is 30.3 Å². The molecular weight excluding hydrogens is 304 g/mol. The van der Waals surface area contributed by atoms with Crippen molar-refractivity contribution in [2.45, 2.75) is 32.8 Å². The number of pyridine rings is 1. The van der Waals surface area contributed by atoms with E-state index in [1.54, 1.807) is 6.20 Å². The lowest BCUT2D eigenvalue weighted by Gasteiger charge is -2.27. The lowest BCUT2D eigenvalue weighted by Crippen LogP contribution is -2.19. The van der Waals surface area contributed by atoms with Crippen LogP contribution in [0.4, 0.5) is 0 Å². The van der Waals surface area contributed by atoms with Crippen LogP contribution >= 0.6 is 0 Å². The molecule has 4 rings (SSSR count). The number of hydrogen-bond acceptors (Lipinski definition) is 3. The minimum absolute atomic E-state index is 0.0798. The first-order valence-electron chi connectivity index (χ1n) is 8.02. The monoisotopic (exact) mass is 322 g/mol. The summed E-state index contributed by atoms with van der Waals surface area (Å²) < 4.78 is 8.07. The number of carboxylic acid groups (broad SMARTS) is 1. The molecule has 1 aromatic carbocycles. The molecule has 0 bridgehead atoms. The van der Waals surface area contributed by atoms with Crippen LogP contribution in [0.3, 0.4) is 0 Å². The van der Waals surface area contributed by atoms with Gasteiger partial charge in [0, 0.05) is 17.5 Å². The van der Waals surface area contributed by atoms with Gasteiger partial charge >= 0.3 is 5.97 Å². The number of aromatic carboxylic acids is 1. The van der Waals surface area contributed by atoms with E-state index in [9.17, 15) is 9.90 Å². The van der Waals surface area contributed by atoms with Crippen LogP contribution in [0, 0.1) is 13.8 Å². The number of fused-ring (bicyclic) bond motifs is 3. The van der Waals surface area contributed by atoms with Crippen LogP contribution in [0.5, 0.6) is 5.75 Å². The summed E-state index contributed by atoms with van der Waals surface area (Å²) in [7, 11) is 0. The van der Waals surface area contributed by atoms with Gasteiger partial charge in [-0.25, -0.2) is 9.78 Å². The molecule has 0 radical (unpaired) electrons. The molecule has 3 heterocycles. The van der Waals surface area contributed by atoms with Crippen molar-refractivity contribution in [3.8, 4) is 5.75 Å². The SMILES string of the molecule is Cc1nc2c3c(c(C(=O)O)cn2c1C)CCC(c1ccccc1)O3. The summed E-state index contributed by atoms with van der Waals surface area (Å²) >= 11 is 0. The van der Waals surface area contributed by atoms with Crippen LogP contribution in [0.25, 0.3) is 5.65 Å². The number of aromatic nitrogens is 2. The molecule has 1 N–H and O–H groups in total. The van der Waals surface area contributed by atoms with Gasteiger partial charge in [0.1, 0.15) is 6.10 Å². The van der Waals surface area contributed by atoms with Crippen molar-refractivity contribution in [1.29, 1.82) is 0 Å². The second kappa shape index (κ2) is 5.37. The van der Waals surface area contributed by atoms with Gasteiger partial charge in [-0.3, -0.25) is 0 Å². The highest BCUT2D eigenvalue weighted by Gasteiger charge is 2.29. The van der Waals surface area contributed by atoms with Crippen molar-refractivity contribution >= 4 is 11.6 Å². The Bertz CT molecular complexity index is 944. The first kappa shape index (κ1) is 14.8. The Labute approximate surface area is 139 Å². The number of hydrogen-bond donors (Lipinski definition) is 1. The fourth-order valence-corrected chi connectivity index (χ4v) is 3.34. The summed E-state index contributed by atoms with van der Waals surface area (Å²) in [5, 5.41) is 9.59. The van der Waals surface area contributed by atoms with Crippen LogP contribution in [-0.2, 0) is 6.42 Å².